The average Bonchev–Trinajstić information content (AvgIpc) is 2.68. The summed E-state index contributed by atoms with van der Waals surface area (Å²) in [4.78, 5) is 1.47. The average molecular weight is 371 g/mol. The molecule has 0 saturated carbocycles. The number of hydrogen-bond donors (Lipinski definition) is 1. The first-order chi connectivity index (χ1) is 12.7. The number of likely N-dealkylation sites (tertiary alicyclic amines) is 1. The van der Waals surface area contributed by atoms with E-state index in [4.69, 9.17) is 15.7 Å². The largest absolute Gasteiger partial charge is 0.471 e. The van der Waals surface area contributed by atoms with Crippen molar-refractivity contribution in [2.24, 2.45) is 11.7 Å². The van der Waals surface area contributed by atoms with Crippen molar-refractivity contribution in [3.8, 4) is 17.9 Å². The summed E-state index contributed by atoms with van der Waals surface area (Å²) in [5.41, 5.74) is 6.97. The lowest BCUT2D eigenvalue weighted by molar-refractivity contribution is 0.174. The lowest BCUT2D eigenvalue weighted by atomic mass is 10.0. The van der Waals surface area contributed by atoms with Crippen molar-refractivity contribution in [1.82, 2.24) is 4.90 Å². The molecular weight excluding hydrogens is 344 g/mol. The molecular formula is C20H26N4OS. The lowest BCUT2D eigenvalue weighted by Gasteiger charge is -2.33. The van der Waals surface area contributed by atoms with Gasteiger partial charge in [0.15, 0.2) is 4.93 Å². The van der Waals surface area contributed by atoms with Crippen LogP contribution in [-0.4, -0.2) is 35.7 Å². The molecule has 1 aliphatic heterocycles. The van der Waals surface area contributed by atoms with Gasteiger partial charge in [-0.2, -0.15) is 10.5 Å². The van der Waals surface area contributed by atoms with Gasteiger partial charge in [-0.05, 0) is 56.0 Å². The van der Waals surface area contributed by atoms with Gasteiger partial charge in [0.1, 0.15) is 11.7 Å². The van der Waals surface area contributed by atoms with Crippen LogP contribution in [0.1, 0.15) is 24.8 Å². The zero-order valence-corrected chi connectivity index (χ0v) is 16.0. The number of ether oxygens (including phenoxy) is 1. The Hall–Kier alpha value is -1.99. The van der Waals surface area contributed by atoms with Gasteiger partial charge in [-0.3, -0.25) is 4.90 Å². The predicted molar refractivity (Wildman–Crippen MR) is 105 cm³/mol. The number of nitriles is 2. The second-order valence-corrected chi connectivity index (χ2v) is 7.44. The molecule has 0 spiro atoms. The van der Waals surface area contributed by atoms with Crippen molar-refractivity contribution in [3.63, 3.8) is 0 Å². The molecule has 0 amide bonds. The minimum absolute atomic E-state index is 0.153. The highest BCUT2D eigenvalue weighted by molar-refractivity contribution is 8.00. The molecule has 0 aliphatic carbocycles. The number of thioether (sulfide) groups is 1. The molecule has 2 atom stereocenters. The Bertz CT molecular complexity index is 688. The summed E-state index contributed by atoms with van der Waals surface area (Å²) < 4.78 is 6.23. The summed E-state index contributed by atoms with van der Waals surface area (Å²) in [6.07, 6.45) is 8.68. The number of hydrogen-bond acceptors (Lipinski definition) is 6. The van der Waals surface area contributed by atoms with Crippen molar-refractivity contribution in [3.05, 3.63) is 42.0 Å². The van der Waals surface area contributed by atoms with Crippen molar-refractivity contribution >= 4 is 11.8 Å². The van der Waals surface area contributed by atoms with Crippen molar-refractivity contribution in [1.29, 1.82) is 10.5 Å². The minimum atomic E-state index is -0.983. The van der Waals surface area contributed by atoms with E-state index < -0.39 is 10.9 Å². The monoisotopic (exact) mass is 370 g/mol. The zero-order valence-electron chi connectivity index (χ0n) is 15.2. The molecule has 5 nitrogen and oxygen atoms in total. The van der Waals surface area contributed by atoms with E-state index in [9.17, 15) is 5.26 Å². The molecule has 1 aliphatic rings. The van der Waals surface area contributed by atoms with Gasteiger partial charge in [-0.15, -0.1) is 11.8 Å². The summed E-state index contributed by atoms with van der Waals surface area (Å²) in [6, 6.07) is 12.2. The van der Waals surface area contributed by atoms with Gasteiger partial charge in [0.2, 0.25) is 0 Å². The highest BCUT2D eigenvalue weighted by Gasteiger charge is 2.38. The standard InChI is InChI=1S/C20H26N4OS/c1-26-20(9-6-10-21,18(14-22)15-23)25-19-8-5-7-17(13-19)16-24-11-3-2-4-12-24/h5-9,13,18H,2-4,11-12,14,16,22H2,1H3. The number of nitrogens with zero attached hydrogens (tertiary/aromatic N) is 3. The van der Waals surface area contributed by atoms with E-state index >= 15 is 0 Å². The second kappa shape index (κ2) is 10.2. The fourth-order valence-electron chi connectivity index (χ4n) is 3.20. The van der Waals surface area contributed by atoms with E-state index in [0.717, 1.165) is 19.6 Å². The molecule has 0 bridgehead atoms. The van der Waals surface area contributed by atoms with Crippen LogP contribution in [0.4, 0.5) is 0 Å². The molecule has 6 heteroatoms. The van der Waals surface area contributed by atoms with Crippen LogP contribution in [0.3, 0.4) is 0 Å². The number of piperidine rings is 1. The zero-order chi connectivity index (χ0) is 18.8. The first-order valence-electron chi connectivity index (χ1n) is 8.90. The van der Waals surface area contributed by atoms with E-state index in [1.807, 2.05) is 30.5 Å². The number of benzene rings is 1. The Labute approximate surface area is 160 Å². The van der Waals surface area contributed by atoms with Crippen LogP contribution < -0.4 is 10.5 Å². The maximum atomic E-state index is 9.49. The van der Waals surface area contributed by atoms with Crippen LogP contribution in [0.25, 0.3) is 0 Å². The highest BCUT2D eigenvalue weighted by atomic mass is 32.2. The van der Waals surface area contributed by atoms with Crippen LogP contribution in [0.15, 0.2) is 36.4 Å². The van der Waals surface area contributed by atoms with Crippen molar-refractivity contribution in [2.45, 2.75) is 30.7 Å². The van der Waals surface area contributed by atoms with E-state index in [-0.39, 0.29) is 6.54 Å². The van der Waals surface area contributed by atoms with Gasteiger partial charge in [-0.1, -0.05) is 18.6 Å². The fourth-order valence-corrected chi connectivity index (χ4v) is 4.02. The van der Waals surface area contributed by atoms with Gasteiger partial charge in [-0.25, -0.2) is 0 Å². The normalized spacial score (nSPS) is 18.6. The molecule has 1 aromatic rings. The van der Waals surface area contributed by atoms with Gasteiger partial charge in [0.05, 0.1) is 12.1 Å². The third-order valence-electron chi connectivity index (χ3n) is 4.62. The fraction of sp³-hybridized carbons (Fsp3) is 0.500. The lowest BCUT2D eigenvalue weighted by Crippen LogP contribution is -2.41. The molecule has 26 heavy (non-hydrogen) atoms. The molecule has 1 heterocycles. The summed E-state index contributed by atoms with van der Waals surface area (Å²) in [5, 5.41) is 18.4. The summed E-state index contributed by atoms with van der Waals surface area (Å²) in [7, 11) is 0. The Morgan fingerprint density at radius 2 is 2.12 bits per heavy atom. The molecule has 0 aromatic heterocycles. The van der Waals surface area contributed by atoms with Gasteiger partial charge in [0.25, 0.3) is 0 Å². The topological polar surface area (TPSA) is 86.1 Å². The Balaban J connectivity index is 2.22. The second-order valence-electron chi connectivity index (χ2n) is 6.39. The minimum Gasteiger partial charge on any atom is -0.471 e. The van der Waals surface area contributed by atoms with E-state index in [1.54, 1.807) is 6.08 Å². The molecule has 2 N–H and O–H groups in total. The molecule has 1 aromatic carbocycles. The summed E-state index contributed by atoms with van der Waals surface area (Å²) in [6.45, 7) is 3.32. The first-order valence-corrected chi connectivity index (χ1v) is 10.1. The maximum Gasteiger partial charge on any atom is 0.190 e. The first kappa shape index (κ1) is 20.3. The Morgan fingerprint density at radius 1 is 1.35 bits per heavy atom. The van der Waals surface area contributed by atoms with E-state index in [1.165, 1.54) is 42.7 Å². The Morgan fingerprint density at radius 3 is 2.73 bits per heavy atom. The maximum absolute atomic E-state index is 9.49. The quantitative estimate of drug-likeness (QED) is 0.558. The van der Waals surface area contributed by atoms with Gasteiger partial charge < -0.3 is 10.5 Å². The molecule has 1 saturated heterocycles. The Kier molecular flexibility index (Phi) is 8.00. The molecule has 0 radical (unpaired) electrons. The molecule has 2 rings (SSSR count). The SMILES string of the molecule is CSC(C=CC#N)(Oc1cccc(CN2CCCCC2)c1)C(C#N)CN. The van der Waals surface area contributed by atoms with E-state index in [0.29, 0.717) is 5.75 Å². The van der Waals surface area contributed by atoms with Gasteiger partial charge >= 0.3 is 0 Å². The van der Waals surface area contributed by atoms with Crippen LogP contribution in [0.2, 0.25) is 0 Å². The third kappa shape index (κ3) is 5.25. The third-order valence-corrected chi connectivity index (χ3v) is 5.76. The van der Waals surface area contributed by atoms with Crippen LogP contribution >= 0.6 is 11.8 Å². The van der Waals surface area contributed by atoms with E-state index in [2.05, 4.69) is 17.0 Å². The van der Waals surface area contributed by atoms with Crippen LogP contribution in [-0.2, 0) is 6.54 Å². The van der Waals surface area contributed by atoms with Crippen LogP contribution in [0, 0.1) is 28.6 Å². The number of rotatable bonds is 8. The van der Waals surface area contributed by atoms with Gasteiger partial charge in [0, 0.05) is 19.2 Å². The predicted octanol–water partition coefficient (Wildman–Crippen LogP) is 3.29. The van der Waals surface area contributed by atoms with Crippen molar-refractivity contribution in [2.75, 3.05) is 25.9 Å². The summed E-state index contributed by atoms with van der Waals surface area (Å²) >= 11 is 1.38. The van der Waals surface area contributed by atoms with Crippen molar-refractivity contribution < 1.29 is 4.74 Å². The van der Waals surface area contributed by atoms with Crippen LogP contribution in [0.5, 0.6) is 5.75 Å². The highest BCUT2D eigenvalue weighted by Crippen LogP contribution is 2.36. The summed E-state index contributed by atoms with van der Waals surface area (Å²) in [5.74, 6) is 0.123. The smallest absolute Gasteiger partial charge is 0.190 e. The molecule has 138 valence electrons. The number of nitrogens with two attached hydrogens (primary N) is 1. The molecule has 2 unspecified atom stereocenters. The molecule has 1 fully saturated rings. The number of allylic oxidation sites excluding steroid dienone is 1.